The number of nitrogens with one attached hydrogen (secondary N) is 1. The standard InChI is InChI=1S/C10H12ClN3S2/c1-3-9-13-10(16-14-9)12-6(2)7-4-5-8(11)15-7/h4-6H,3H2,1-2H3,(H,12,13,14). The third-order valence-corrected chi connectivity index (χ3v) is 4.24. The Balaban J connectivity index is 2.04. The third kappa shape index (κ3) is 2.72. The number of thiophene rings is 1. The largest absolute Gasteiger partial charge is 0.353 e. The van der Waals surface area contributed by atoms with Gasteiger partial charge in [-0.3, -0.25) is 0 Å². The van der Waals surface area contributed by atoms with Gasteiger partial charge in [0.05, 0.1) is 10.4 Å². The van der Waals surface area contributed by atoms with Crippen molar-refractivity contribution in [1.29, 1.82) is 0 Å². The van der Waals surface area contributed by atoms with E-state index in [-0.39, 0.29) is 6.04 Å². The summed E-state index contributed by atoms with van der Waals surface area (Å²) < 4.78 is 5.05. The van der Waals surface area contributed by atoms with E-state index < -0.39 is 0 Å². The van der Waals surface area contributed by atoms with Gasteiger partial charge in [0.25, 0.3) is 0 Å². The molecule has 2 rings (SSSR count). The number of aryl methyl sites for hydroxylation is 1. The number of hydrogen-bond donors (Lipinski definition) is 1. The van der Waals surface area contributed by atoms with Crippen LogP contribution in [0.5, 0.6) is 0 Å². The molecule has 86 valence electrons. The summed E-state index contributed by atoms with van der Waals surface area (Å²) in [6, 6.07) is 4.17. The lowest BCUT2D eigenvalue weighted by atomic mass is 10.3. The second-order valence-electron chi connectivity index (χ2n) is 3.38. The lowest BCUT2D eigenvalue weighted by Crippen LogP contribution is -2.04. The van der Waals surface area contributed by atoms with Crippen molar-refractivity contribution in [2.45, 2.75) is 26.3 Å². The number of nitrogens with zero attached hydrogens (tertiary/aromatic N) is 2. The first kappa shape index (κ1) is 11.8. The molecule has 6 heteroatoms. The lowest BCUT2D eigenvalue weighted by molar-refractivity contribution is 0.897. The van der Waals surface area contributed by atoms with Crippen LogP contribution in [0.1, 0.15) is 30.6 Å². The highest BCUT2D eigenvalue weighted by Gasteiger charge is 2.10. The molecule has 0 saturated carbocycles. The molecule has 2 heterocycles. The maximum absolute atomic E-state index is 5.90. The predicted molar refractivity (Wildman–Crippen MR) is 70.7 cm³/mol. The summed E-state index contributed by atoms with van der Waals surface area (Å²) in [5.74, 6) is 0.893. The first-order chi connectivity index (χ1) is 7.69. The second-order valence-corrected chi connectivity index (χ2v) is 5.88. The SMILES string of the molecule is CCc1nsc(NC(C)c2ccc(Cl)s2)n1. The monoisotopic (exact) mass is 273 g/mol. The minimum Gasteiger partial charge on any atom is -0.353 e. The molecule has 0 saturated heterocycles. The van der Waals surface area contributed by atoms with Gasteiger partial charge in [0.15, 0.2) is 0 Å². The molecule has 3 nitrogen and oxygen atoms in total. The van der Waals surface area contributed by atoms with E-state index in [0.717, 1.165) is 21.7 Å². The van der Waals surface area contributed by atoms with Crippen LogP contribution in [0.15, 0.2) is 12.1 Å². The molecule has 0 bridgehead atoms. The topological polar surface area (TPSA) is 37.8 Å². The number of anilines is 1. The second kappa shape index (κ2) is 5.12. The van der Waals surface area contributed by atoms with Crippen LogP contribution in [0.4, 0.5) is 5.13 Å². The Hall–Kier alpha value is -0.650. The van der Waals surface area contributed by atoms with Crippen molar-refractivity contribution in [3.63, 3.8) is 0 Å². The maximum Gasteiger partial charge on any atom is 0.203 e. The number of halogens is 1. The Morgan fingerprint density at radius 2 is 2.31 bits per heavy atom. The quantitative estimate of drug-likeness (QED) is 0.915. The molecule has 0 aliphatic heterocycles. The first-order valence-electron chi connectivity index (χ1n) is 5.03. The summed E-state index contributed by atoms with van der Waals surface area (Å²) in [6.45, 7) is 4.14. The maximum atomic E-state index is 5.90. The van der Waals surface area contributed by atoms with Gasteiger partial charge in [0.2, 0.25) is 5.13 Å². The van der Waals surface area contributed by atoms with Crippen LogP contribution in [0.2, 0.25) is 4.34 Å². The summed E-state index contributed by atoms with van der Waals surface area (Å²) in [7, 11) is 0. The molecule has 1 unspecified atom stereocenters. The van der Waals surface area contributed by atoms with Gasteiger partial charge >= 0.3 is 0 Å². The molecule has 0 fully saturated rings. The van der Waals surface area contributed by atoms with Crippen LogP contribution in [0.25, 0.3) is 0 Å². The molecule has 2 aromatic heterocycles. The first-order valence-corrected chi connectivity index (χ1v) is 7.00. The number of aromatic nitrogens is 2. The van der Waals surface area contributed by atoms with E-state index in [9.17, 15) is 0 Å². The molecule has 0 amide bonds. The van der Waals surface area contributed by atoms with E-state index >= 15 is 0 Å². The zero-order valence-electron chi connectivity index (χ0n) is 9.03. The van der Waals surface area contributed by atoms with Crippen LogP contribution in [-0.2, 0) is 6.42 Å². The summed E-state index contributed by atoms with van der Waals surface area (Å²) in [5, 5.41) is 4.19. The van der Waals surface area contributed by atoms with Crippen molar-refractivity contribution in [1.82, 2.24) is 9.36 Å². The zero-order valence-corrected chi connectivity index (χ0v) is 11.4. The zero-order chi connectivity index (χ0) is 11.5. The van der Waals surface area contributed by atoms with Gasteiger partial charge in [-0.25, -0.2) is 4.98 Å². The Morgan fingerprint density at radius 1 is 1.50 bits per heavy atom. The van der Waals surface area contributed by atoms with Gasteiger partial charge in [-0.1, -0.05) is 18.5 Å². The average Bonchev–Trinajstić information content (AvgIpc) is 2.87. The Kier molecular flexibility index (Phi) is 3.78. The normalized spacial score (nSPS) is 12.7. The molecule has 0 spiro atoms. The van der Waals surface area contributed by atoms with Gasteiger partial charge in [0, 0.05) is 22.8 Å². The number of rotatable bonds is 4. The fourth-order valence-electron chi connectivity index (χ4n) is 1.27. The summed E-state index contributed by atoms with van der Waals surface area (Å²) in [4.78, 5) is 5.58. The van der Waals surface area contributed by atoms with Crippen LogP contribution < -0.4 is 5.32 Å². The van der Waals surface area contributed by atoms with Crippen LogP contribution in [-0.4, -0.2) is 9.36 Å². The minimum absolute atomic E-state index is 0.218. The Labute approximate surface area is 108 Å². The molecule has 1 atom stereocenters. The smallest absolute Gasteiger partial charge is 0.203 e. The molecule has 16 heavy (non-hydrogen) atoms. The van der Waals surface area contributed by atoms with Crippen molar-refractivity contribution in [3.8, 4) is 0 Å². The Morgan fingerprint density at radius 3 is 2.88 bits per heavy atom. The molecule has 0 radical (unpaired) electrons. The highest BCUT2D eigenvalue weighted by molar-refractivity contribution is 7.16. The van der Waals surface area contributed by atoms with Gasteiger partial charge < -0.3 is 5.32 Å². The molecular formula is C10H12ClN3S2. The molecule has 0 aliphatic rings. The fraction of sp³-hybridized carbons (Fsp3) is 0.400. The highest BCUT2D eigenvalue weighted by Crippen LogP contribution is 2.29. The van der Waals surface area contributed by atoms with Crippen LogP contribution in [0, 0.1) is 0 Å². The highest BCUT2D eigenvalue weighted by atomic mass is 35.5. The Bertz CT molecular complexity index is 466. The van der Waals surface area contributed by atoms with E-state index in [1.165, 1.54) is 16.4 Å². The van der Waals surface area contributed by atoms with Crippen molar-refractivity contribution in [2.75, 3.05) is 5.32 Å². The number of hydrogen-bond acceptors (Lipinski definition) is 5. The average molecular weight is 274 g/mol. The summed E-state index contributed by atoms with van der Waals surface area (Å²) >= 11 is 8.89. The van der Waals surface area contributed by atoms with E-state index in [2.05, 4.69) is 21.6 Å². The van der Waals surface area contributed by atoms with Gasteiger partial charge in [0.1, 0.15) is 5.82 Å². The van der Waals surface area contributed by atoms with E-state index in [1.807, 2.05) is 19.1 Å². The molecule has 1 N–H and O–H groups in total. The predicted octanol–water partition coefficient (Wildman–Crippen LogP) is 3.99. The molecular weight excluding hydrogens is 262 g/mol. The van der Waals surface area contributed by atoms with Gasteiger partial charge in [-0.15, -0.1) is 11.3 Å². The van der Waals surface area contributed by atoms with E-state index in [4.69, 9.17) is 11.6 Å². The van der Waals surface area contributed by atoms with E-state index in [0.29, 0.717) is 0 Å². The fourth-order valence-corrected chi connectivity index (χ4v) is 3.07. The van der Waals surface area contributed by atoms with Crippen molar-refractivity contribution in [3.05, 3.63) is 27.2 Å². The minimum atomic E-state index is 0.218. The third-order valence-electron chi connectivity index (χ3n) is 2.15. The summed E-state index contributed by atoms with van der Waals surface area (Å²) in [6.07, 6.45) is 0.872. The van der Waals surface area contributed by atoms with Crippen molar-refractivity contribution in [2.24, 2.45) is 0 Å². The summed E-state index contributed by atoms with van der Waals surface area (Å²) in [5.41, 5.74) is 0. The van der Waals surface area contributed by atoms with Crippen molar-refractivity contribution < 1.29 is 0 Å². The van der Waals surface area contributed by atoms with Gasteiger partial charge in [-0.2, -0.15) is 4.37 Å². The van der Waals surface area contributed by atoms with Crippen LogP contribution >= 0.6 is 34.5 Å². The molecule has 0 aliphatic carbocycles. The van der Waals surface area contributed by atoms with Crippen LogP contribution in [0.3, 0.4) is 0 Å². The van der Waals surface area contributed by atoms with Gasteiger partial charge in [-0.05, 0) is 19.1 Å². The lowest BCUT2D eigenvalue weighted by Gasteiger charge is -2.09. The molecule has 0 aromatic carbocycles. The molecule has 2 aromatic rings. The van der Waals surface area contributed by atoms with E-state index in [1.54, 1.807) is 11.3 Å². The van der Waals surface area contributed by atoms with Crippen molar-refractivity contribution >= 4 is 39.6 Å².